The highest BCUT2D eigenvalue weighted by atomic mass is 35.5. The van der Waals surface area contributed by atoms with E-state index in [1.54, 1.807) is 6.92 Å². The third kappa shape index (κ3) is 7.24. The van der Waals surface area contributed by atoms with Crippen LogP contribution in [0.25, 0.3) is 0 Å². The molecule has 0 aromatic heterocycles. The van der Waals surface area contributed by atoms with Crippen molar-refractivity contribution in [1.82, 2.24) is 4.31 Å². The Labute approximate surface area is 252 Å². The highest BCUT2D eigenvalue weighted by molar-refractivity contribution is 7.92. The highest BCUT2D eigenvalue weighted by Crippen LogP contribution is 2.38. The Kier molecular flexibility index (Phi) is 9.61. The zero-order chi connectivity index (χ0) is 31.6. The minimum Gasteiger partial charge on any atom is -0.495 e. The first kappa shape index (κ1) is 32.5. The number of nitrogens with one attached hydrogen (secondary N) is 1. The summed E-state index contributed by atoms with van der Waals surface area (Å²) in [7, 11) is -7.35. The lowest BCUT2D eigenvalue weighted by Crippen LogP contribution is -2.40. The second-order valence-electron chi connectivity index (χ2n) is 9.42. The number of aryl methyl sites for hydroxylation is 1. The number of rotatable bonds is 9. The predicted molar refractivity (Wildman–Crippen MR) is 153 cm³/mol. The van der Waals surface area contributed by atoms with Crippen molar-refractivity contribution in [3.8, 4) is 5.75 Å². The van der Waals surface area contributed by atoms with Gasteiger partial charge in [-0.15, -0.1) is 0 Å². The maximum absolute atomic E-state index is 13.6. The van der Waals surface area contributed by atoms with E-state index in [0.717, 1.165) is 23.8 Å². The molecule has 43 heavy (non-hydrogen) atoms. The minimum atomic E-state index is -4.90. The number of halogens is 4. The number of hydrogen-bond acceptors (Lipinski definition) is 7. The molecule has 1 amide bonds. The van der Waals surface area contributed by atoms with Crippen molar-refractivity contribution in [2.45, 2.75) is 22.9 Å². The van der Waals surface area contributed by atoms with Crippen molar-refractivity contribution in [3.05, 3.63) is 76.8 Å². The molecule has 1 aliphatic heterocycles. The molecule has 4 rings (SSSR count). The summed E-state index contributed by atoms with van der Waals surface area (Å²) < 4.78 is 107. The van der Waals surface area contributed by atoms with E-state index in [2.05, 4.69) is 5.32 Å². The molecule has 1 saturated heterocycles. The van der Waals surface area contributed by atoms with Crippen LogP contribution >= 0.6 is 11.6 Å². The summed E-state index contributed by atoms with van der Waals surface area (Å²) in [5.74, 6) is -0.951. The van der Waals surface area contributed by atoms with Crippen LogP contribution in [0.4, 0.5) is 24.5 Å². The van der Waals surface area contributed by atoms with E-state index in [9.17, 15) is 34.8 Å². The second kappa shape index (κ2) is 12.7. The molecule has 0 atom stereocenters. The van der Waals surface area contributed by atoms with Gasteiger partial charge in [0.2, 0.25) is 15.9 Å². The predicted octanol–water partition coefficient (Wildman–Crippen LogP) is 4.53. The minimum absolute atomic E-state index is 0.00825. The van der Waals surface area contributed by atoms with Gasteiger partial charge in [0, 0.05) is 18.8 Å². The van der Waals surface area contributed by atoms with Crippen LogP contribution in [0.15, 0.2) is 70.5 Å². The average Bonchev–Trinajstić information content (AvgIpc) is 2.96. The van der Waals surface area contributed by atoms with E-state index in [1.165, 1.54) is 47.8 Å². The van der Waals surface area contributed by atoms with E-state index in [-0.39, 0.29) is 47.5 Å². The van der Waals surface area contributed by atoms with Gasteiger partial charge in [-0.2, -0.15) is 17.5 Å². The van der Waals surface area contributed by atoms with Gasteiger partial charge in [-0.1, -0.05) is 29.3 Å². The van der Waals surface area contributed by atoms with Crippen LogP contribution in [0.3, 0.4) is 0 Å². The van der Waals surface area contributed by atoms with Crippen LogP contribution in [0.2, 0.25) is 5.02 Å². The van der Waals surface area contributed by atoms with Gasteiger partial charge in [0.1, 0.15) is 17.2 Å². The van der Waals surface area contributed by atoms with Crippen molar-refractivity contribution in [2.75, 3.05) is 49.6 Å². The lowest BCUT2D eigenvalue weighted by molar-refractivity contribution is -0.137. The van der Waals surface area contributed by atoms with Gasteiger partial charge in [-0.25, -0.2) is 16.8 Å². The monoisotopic (exact) mass is 661 g/mol. The average molecular weight is 662 g/mol. The van der Waals surface area contributed by atoms with Crippen LogP contribution in [0.1, 0.15) is 11.1 Å². The quantitative estimate of drug-likeness (QED) is 0.358. The molecule has 1 fully saturated rings. The molecule has 0 spiro atoms. The number of carbonyl (C=O) groups excluding carboxylic acids is 1. The van der Waals surface area contributed by atoms with Crippen molar-refractivity contribution >= 4 is 48.9 Å². The summed E-state index contributed by atoms with van der Waals surface area (Å²) in [5, 5.41) is 1.79. The largest absolute Gasteiger partial charge is 0.495 e. The Morgan fingerprint density at radius 3 is 2.28 bits per heavy atom. The van der Waals surface area contributed by atoms with Crippen LogP contribution in [0, 0.1) is 6.92 Å². The molecule has 10 nitrogen and oxygen atoms in total. The number of methoxy groups -OCH3 is 1. The molecule has 0 bridgehead atoms. The summed E-state index contributed by atoms with van der Waals surface area (Å²) >= 11 is 5.74. The first-order valence-electron chi connectivity index (χ1n) is 12.7. The van der Waals surface area contributed by atoms with Crippen molar-refractivity contribution < 1.29 is 44.3 Å². The fourth-order valence-electron chi connectivity index (χ4n) is 4.25. The highest BCUT2D eigenvalue weighted by Gasteiger charge is 2.36. The standard InChI is InChI=1S/C27H27ClF3N3O7S2/c1-18-3-7-21(8-4-18)42(36,37)34(20-6-9-23(28)22(16-20)27(29,30)31)17-26(35)32-19-5-10-24(40-2)25(15-19)43(38,39)33-11-13-41-14-12-33/h3-10,15-16H,11-14,17H2,1-2H3,(H,32,35). The Morgan fingerprint density at radius 1 is 1.02 bits per heavy atom. The lowest BCUT2D eigenvalue weighted by atomic mass is 10.2. The van der Waals surface area contributed by atoms with Gasteiger partial charge >= 0.3 is 6.18 Å². The molecular formula is C27H27ClF3N3O7S2. The number of morpholine rings is 1. The molecular weight excluding hydrogens is 635 g/mol. The Hall–Kier alpha value is -3.37. The number of ether oxygens (including phenoxy) is 2. The maximum atomic E-state index is 13.6. The molecule has 1 aliphatic rings. The number of benzene rings is 3. The Morgan fingerprint density at radius 2 is 1.67 bits per heavy atom. The summed E-state index contributed by atoms with van der Waals surface area (Å²) in [4.78, 5) is 12.7. The number of anilines is 2. The van der Waals surface area contributed by atoms with Crippen LogP contribution in [-0.4, -0.2) is 67.0 Å². The van der Waals surface area contributed by atoms with Crippen molar-refractivity contribution in [2.24, 2.45) is 0 Å². The molecule has 1 heterocycles. The van der Waals surface area contributed by atoms with Crippen LogP contribution in [-0.2, 0) is 35.8 Å². The normalized spacial score (nSPS) is 14.7. The smallest absolute Gasteiger partial charge is 0.417 e. The van der Waals surface area contributed by atoms with E-state index in [4.69, 9.17) is 21.1 Å². The summed E-state index contributed by atoms with van der Waals surface area (Å²) in [6.45, 7) is 1.38. The molecule has 0 radical (unpaired) electrons. The molecule has 0 unspecified atom stereocenters. The van der Waals surface area contributed by atoms with Crippen LogP contribution < -0.4 is 14.4 Å². The van der Waals surface area contributed by atoms with E-state index in [1.807, 2.05) is 0 Å². The zero-order valence-electron chi connectivity index (χ0n) is 22.9. The molecule has 0 aliphatic carbocycles. The molecule has 232 valence electrons. The van der Waals surface area contributed by atoms with Gasteiger partial charge in [0.15, 0.2) is 0 Å². The second-order valence-corrected chi connectivity index (χ2v) is 13.6. The summed E-state index contributed by atoms with van der Waals surface area (Å²) in [5.41, 5.74) is -1.03. The first-order chi connectivity index (χ1) is 20.1. The van der Waals surface area contributed by atoms with Gasteiger partial charge in [-0.3, -0.25) is 9.10 Å². The molecule has 1 N–H and O–H groups in total. The molecule has 0 saturated carbocycles. The molecule has 3 aromatic rings. The van der Waals surface area contributed by atoms with Crippen molar-refractivity contribution in [1.29, 1.82) is 0 Å². The van der Waals surface area contributed by atoms with Gasteiger partial charge in [0.05, 0.1) is 41.5 Å². The third-order valence-electron chi connectivity index (χ3n) is 6.47. The number of nitrogens with zero attached hydrogens (tertiary/aromatic N) is 2. The zero-order valence-corrected chi connectivity index (χ0v) is 25.3. The molecule has 3 aromatic carbocycles. The van der Waals surface area contributed by atoms with Crippen LogP contribution in [0.5, 0.6) is 5.75 Å². The SMILES string of the molecule is COc1ccc(NC(=O)CN(c2ccc(Cl)c(C(F)(F)F)c2)S(=O)(=O)c2ccc(C)cc2)cc1S(=O)(=O)N1CCOCC1. The number of alkyl halides is 3. The Balaban J connectivity index is 1.70. The van der Waals surface area contributed by atoms with E-state index >= 15 is 0 Å². The number of carbonyl (C=O) groups is 1. The van der Waals surface area contributed by atoms with Crippen molar-refractivity contribution in [3.63, 3.8) is 0 Å². The van der Waals surface area contributed by atoms with E-state index in [0.29, 0.717) is 10.4 Å². The fourth-order valence-corrected chi connectivity index (χ4v) is 7.48. The fraction of sp³-hybridized carbons (Fsp3) is 0.296. The number of hydrogen-bond donors (Lipinski definition) is 1. The number of amides is 1. The van der Waals surface area contributed by atoms with Gasteiger partial charge < -0.3 is 14.8 Å². The molecule has 16 heteroatoms. The number of sulfonamides is 2. The maximum Gasteiger partial charge on any atom is 0.417 e. The first-order valence-corrected chi connectivity index (χ1v) is 15.9. The topological polar surface area (TPSA) is 122 Å². The summed E-state index contributed by atoms with van der Waals surface area (Å²) in [6.07, 6.45) is -4.90. The lowest BCUT2D eigenvalue weighted by Gasteiger charge is -2.27. The summed E-state index contributed by atoms with van der Waals surface area (Å²) in [6, 6.07) is 11.8. The van der Waals surface area contributed by atoms with E-state index < -0.39 is 54.9 Å². The van der Waals surface area contributed by atoms with Gasteiger partial charge in [0.25, 0.3) is 10.0 Å². The van der Waals surface area contributed by atoms with Gasteiger partial charge in [-0.05, 0) is 55.5 Å². The third-order valence-corrected chi connectivity index (χ3v) is 10.5. The Bertz CT molecular complexity index is 1710.